The van der Waals surface area contributed by atoms with Crippen LogP contribution in [0.15, 0.2) is 24.3 Å². The van der Waals surface area contributed by atoms with Crippen molar-refractivity contribution in [3.8, 4) is 5.75 Å². The van der Waals surface area contributed by atoms with Crippen molar-refractivity contribution >= 4 is 11.9 Å². The monoisotopic (exact) mass is 402 g/mol. The minimum Gasteiger partial charge on any atom is -0.458 e. The van der Waals surface area contributed by atoms with Crippen LogP contribution in [-0.2, 0) is 9.53 Å². The number of hydrogen-bond acceptors (Lipinski definition) is 5. The van der Waals surface area contributed by atoms with Gasteiger partial charge >= 0.3 is 24.3 Å². The Morgan fingerprint density at radius 3 is 1.93 bits per heavy atom. The van der Waals surface area contributed by atoms with Gasteiger partial charge in [-0.3, -0.25) is 4.79 Å². The fourth-order valence-corrected chi connectivity index (χ4v) is 1.62. The molecule has 11 heteroatoms. The molecule has 1 rings (SSSR count). The number of ether oxygens (including phenoxy) is 2. The maximum Gasteiger partial charge on any atom is 0.429 e. The third-order valence-electron chi connectivity index (χ3n) is 3.67. The lowest BCUT2D eigenvalue weighted by Gasteiger charge is -2.31. The highest BCUT2D eigenvalue weighted by atomic mass is 19.4. The van der Waals surface area contributed by atoms with E-state index >= 15 is 0 Å². The average Bonchev–Trinajstić information content (AvgIpc) is 2.57. The highest BCUT2D eigenvalue weighted by Gasteiger charge is 2.71. The van der Waals surface area contributed by atoms with Gasteiger partial charge in [0.1, 0.15) is 12.4 Å². The van der Waals surface area contributed by atoms with Crippen molar-refractivity contribution in [1.29, 1.82) is 0 Å². The molecule has 5 nitrogen and oxygen atoms in total. The molecule has 0 radical (unpaired) electrons. The summed E-state index contributed by atoms with van der Waals surface area (Å²) in [7, 11) is 0. The number of aliphatic hydroxyl groups is 1. The Bertz CT molecular complexity index is 651. The topological polar surface area (TPSA) is 72.8 Å². The summed E-state index contributed by atoms with van der Waals surface area (Å²) in [6.45, 7) is 1.02. The Morgan fingerprint density at radius 2 is 1.52 bits per heavy atom. The predicted molar refractivity (Wildman–Crippen MR) is 78.9 cm³/mol. The molecule has 0 bridgehead atoms. The number of carbonyl (C=O) groups excluding carboxylic acids is 2. The molecule has 0 amide bonds. The molecule has 152 valence electrons. The molecule has 0 aliphatic carbocycles. The van der Waals surface area contributed by atoms with Crippen molar-refractivity contribution in [2.45, 2.75) is 38.2 Å². The number of esters is 2. The van der Waals surface area contributed by atoms with Gasteiger partial charge in [0.2, 0.25) is 0 Å². The van der Waals surface area contributed by atoms with Gasteiger partial charge in [0.15, 0.2) is 0 Å². The van der Waals surface area contributed by atoms with E-state index in [4.69, 9.17) is 9.84 Å². The average molecular weight is 402 g/mol. The summed E-state index contributed by atoms with van der Waals surface area (Å²) in [5.74, 6) is -2.44. The van der Waals surface area contributed by atoms with Crippen LogP contribution < -0.4 is 4.74 Å². The maximum atomic E-state index is 12.5. The van der Waals surface area contributed by atoms with Crippen LogP contribution in [0.25, 0.3) is 0 Å². The van der Waals surface area contributed by atoms with Crippen LogP contribution in [0.2, 0.25) is 0 Å². The Labute approximate surface area is 149 Å². The minimum absolute atomic E-state index is 0.0268. The number of rotatable bonds is 6. The molecule has 1 aromatic carbocycles. The maximum absolute atomic E-state index is 12.5. The first-order chi connectivity index (χ1) is 12.2. The van der Waals surface area contributed by atoms with Gasteiger partial charge in [-0.15, -0.1) is 0 Å². The van der Waals surface area contributed by atoms with Crippen LogP contribution in [-0.4, -0.2) is 41.6 Å². The van der Waals surface area contributed by atoms with Gasteiger partial charge in [-0.05, 0) is 30.7 Å². The second-order valence-corrected chi connectivity index (χ2v) is 5.69. The SMILES string of the molecule is CCC(C)C(=O)Oc1ccc(C(=O)OCC(O)(C(F)(F)F)C(F)(F)F)cc1. The van der Waals surface area contributed by atoms with Crippen LogP contribution in [0.3, 0.4) is 0 Å². The van der Waals surface area contributed by atoms with Crippen LogP contribution >= 0.6 is 0 Å². The Hall–Kier alpha value is -2.30. The molecule has 1 atom stereocenters. The number of halogens is 6. The standard InChI is InChI=1S/C16H16F6O5/c1-3-9(2)12(23)27-11-6-4-10(5-7-11)13(24)26-8-14(25,15(17,18)19)16(20,21)22/h4-7,9,25H,3,8H2,1-2H3. The zero-order valence-electron chi connectivity index (χ0n) is 14.1. The molecule has 0 saturated carbocycles. The second-order valence-electron chi connectivity index (χ2n) is 5.69. The van der Waals surface area contributed by atoms with Crippen molar-refractivity contribution in [2.75, 3.05) is 6.61 Å². The quantitative estimate of drug-likeness (QED) is 0.447. The highest BCUT2D eigenvalue weighted by Crippen LogP contribution is 2.43. The zero-order chi connectivity index (χ0) is 21.0. The fraction of sp³-hybridized carbons (Fsp3) is 0.500. The zero-order valence-corrected chi connectivity index (χ0v) is 14.1. The van der Waals surface area contributed by atoms with Crippen LogP contribution in [0, 0.1) is 5.92 Å². The number of hydrogen-bond donors (Lipinski definition) is 1. The first-order valence-electron chi connectivity index (χ1n) is 7.57. The first kappa shape index (κ1) is 22.7. The van der Waals surface area contributed by atoms with E-state index in [9.17, 15) is 35.9 Å². The molecule has 0 fully saturated rings. The predicted octanol–water partition coefficient (Wildman–Crippen LogP) is 3.65. The number of carbonyl (C=O) groups is 2. The van der Waals surface area contributed by atoms with Crippen molar-refractivity contribution < 1.29 is 50.5 Å². The molecule has 1 unspecified atom stereocenters. The van der Waals surface area contributed by atoms with Gasteiger partial charge in [0.25, 0.3) is 5.60 Å². The summed E-state index contributed by atoms with van der Waals surface area (Å²) in [4.78, 5) is 23.3. The van der Waals surface area contributed by atoms with E-state index in [0.29, 0.717) is 6.42 Å². The van der Waals surface area contributed by atoms with E-state index in [2.05, 4.69) is 4.74 Å². The summed E-state index contributed by atoms with van der Waals surface area (Å²) >= 11 is 0. The molecule has 0 saturated heterocycles. The summed E-state index contributed by atoms with van der Waals surface area (Å²) in [6, 6.07) is 4.22. The lowest BCUT2D eigenvalue weighted by molar-refractivity contribution is -0.374. The summed E-state index contributed by atoms with van der Waals surface area (Å²) < 4.78 is 84.0. The van der Waals surface area contributed by atoms with Gasteiger partial charge in [0, 0.05) is 0 Å². The second kappa shape index (κ2) is 8.15. The summed E-state index contributed by atoms with van der Waals surface area (Å²) in [5, 5.41) is 8.91. The van der Waals surface area contributed by atoms with Gasteiger partial charge in [0.05, 0.1) is 11.5 Å². The molecule has 1 N–H and O–H groups in total. The Morgan fingerprint density at radius 1 is 1.04 bits per heavy atom. The molecular formula is C16H16F6O5. The third-order valence-corrected chi connectivity index (χ3v) is 3.67. The molecule has 0 aliphatic heterocycles. The first-order valence-corrected chi connectivity index (χ1v) is 7.57. The Balaban J connectivity index is 2.82. The normalized spacial score (nSPS) is 13.8. The van der Waals surface area contributed by atoms with Crippen LogP contribution in [0.1, 0.15) is 30.6 Å². The Kier molecular flexibility index (Phi) is 6.87. The van der Waals surface area contributed by atoms with E-state index in [1.54, 1.807) is 13.8 Å². The van der Waals surface area contributed by atoms with E-state index in [-0.39, 0.29) is 5.75 Å². The number of benzene rings is 1. The van der Waals surface area contributed by atoms with Gasteiger partial charge in [-0.25, -0.2) is 4.79 Å². The lowest BCUT2D eigenvalue weighted by Crippen LogP contribution is -2.60. The van der Waals surface area contributed by atoms with Crippen LogP contribution in [0.4, 0.5) is 26.3 Å². The van der Waals surface area contributed by atoms with Crippen molar-refractivity contribution in [3.63, 3.8) is 0 Å². The molecule has 0 aliphatic rings. The third kappa shape index (κ3) is 5.34. The van der Waals surface area contributed by atoms with Crippen molar-refractivity contribution in [1.82, 2.24) is 0 Å². The summed E-state index contributed by atoms with van der Waals surface area (Å²) in [5.41, 5.74) is -5.59. The van der Waals surface area contributed by atoms with Crippen molar-refractivity contribution in [2.24, 2.45) is 5.92 Å². The molecule has 0 heterocycles. The smallest absolute Gasteiger partial charge is 0.429 e. The highest BCUT2D eigenvalue weighted by molar-refractivity contribution is 5.89. The van der Waals surface area contributed by atoms with Crippen molar-refractivity contribution in [3.05, 3.63) is 29.8 Å². The molecule has 0 spiro atoms. The van der Waals surface area contributed by atoms with Gasteiger partial charge in [-0.1, -0.05) is 13.8 Å². The minimum atomic E-state index is -6.10. The molecular weight excluding hydrogens is 386 g/mol. The molecule has 0 aromatic heterocycles. The van der Waals surface area contributed by atoms with Gasteiger partial charge in [-0.2, -0.15) is 26.3 Å². The fourth-order valence-electron chi connectivity index (χ4n) is 1.62. The van der Waals surface area contributed by atoms with E-state index in [1.165, 1.54) is 0 Å². The lowest BCUT2D eigenvalue weighted by atomic mass is 10.0. The van der Waals surface area contributed by atoms with E-state index in [0.717, 1.165) is 24.3 Å². The molecule has 1 aromatic rings. The van der Waals surface area contributed by atoms with E-state index in [1.807, 2.05) is 0 Å². The molecule has 27 heavy (non-hydrogen) atoms. The van der Waals surface area contributed by atoms with Crippen LogP contribution in [0.5, 0.6) is 5.75 Å². The number of alkyl halides is 6. The largest absolute Gasteiger partial charge is 0.458 e. The van der Waals surface area contributed by atoms with Gasteiger partial charge < -0.3 is 14.6 Å². The summed E-state index contributed by atoms with van der Waals surface area (Å²) in [6.07, 6.45) is -11.7. The van der Waals surface area contributed by atoms with E-state index < -0.39 is 48.0 Å².